The Labute approximate surface area is 70.6 Å². The Bertz CT molecular complexity index is 30.6. The minimum absolute atomic E-state index is 0. The molecular formula is C2H6BaO2. The van der Waals surface area contributed by atoms with Crippen molar-refractivity contribution in [2.75, 3.05) is 0 Å². The van der Waals surface area contributed by atoms with Crippen molar-refractivity contribution < 1.29 is 9.90 Å². The molecule has 5 heavy (non-hydrogen) atoms. The number of carbonyl (C=O) groups is 1. The molecule has 0 aliphatic carbocycles. The second-order valence-corrected chi connectivity index (χ2v) is 0.519. The molecule has 1 N–H and O–H groups in total. The van der Waals surface area contributed by atoms with E-state index in [9.17, 15) is 0 Å². The van der Waals surface area contributed by atoms with Gasteiger partial charge in [-0.2, -0.15) is 0 Å². The van der Waals surface area contributed by atoms with Crippen LogP contribution in [-0.4, -0.2) is 60.0 Å². The van der Waals surface area contributed by atoms with Crippen molar-refractivity contribution in [3.05, 3.63) is 0 Å². The van der Waals surface area contributed by atoms with Gasteiger partial charge < -0.3 is 5.11 Å². The molecule has 0 heterocycles. The van der Waals surface area contributed by atoms with Crippen LogP contribution >= 0.6 is 0 Å². The molecule has 0 aromatic carbocycles. The molecule has 0 bridgehead atoms. The van der Waals surface area contributed by atoms with Gasteiger partial charge in [-0.1, -0.05) is 0 Å². The maximum absolute atomic E-state index is 9.00. The van der Waals surface area contributed by atoms with Gasteiger partial charge >= 0.3 is 48.9 Å². The molecule has 0 amide bonds. The van der Waals surface area contributed by atoms with Crippen molar-refractivity contribution >= 4 is 54.9 Å². The van der Waals surface area contributed by atoms with Crippen LogP contribution in [0, 0.1) is 0 Å². The number of aliphatic carboxylic acids is 1. The van der Waals surface area contributed by atoms with Gasteiger partial charge in [0.2, 0.25) is 0 Å². The summed E-state index contributed by atoms with van der Waals surface area (Å²) in [4.78, 5) is 9.00. The molecule has 0 radical (unpaired) electrons. The molecule has 0 aliphatic rings. The first-order chi connectivity index (χ1) is 1.73. The number of rotatable bonds is 0. The summed E-state index contributed by atoms with van der Waals surface area (Å²) in [6.07, 6.45) is 0. The van der Waals surface area contributed by atoms with Gasteiger partial charge in [0.1, 0.15) is 0 Å². The van der Waals surface area contributed by atoms with E-state index in [0.717, 1.165) is 6.92 Å². The van der Waals surface area contributed by atoms with Crippen molar-refractivity contribution in [3.8, 4) is 0 Å². The molecule has 0 saturated heterocycles. The molecule has 0 saturated carbocycles. The van der Waals surface area contributed by atoms with Crippen LogP contribution in [0.3, 0.4) is 0 Å². The molecule has 3 heteroatoms. The summed E-state index contributed by atoms with van der Waals surface area (Å²) in [5.41, 5.74) is 0. The predicted octanol–water partition coefficient (Wildman–Crippen LogP) is -0.825. The number of hydrogen-bond donors (Lipinski definition) is 1. The third kappa shape index (κ3) is 43.0. The van der Waals surface area contributed by atoms with E-state index in [1.165, 1.54) is 0 Å². The minimum atomic E-state index is -0.833. The van der Waals surface area contributed by atoms with Gasteiger partial charge in [-0.15, -0.1) is 0 Å². The van der Waals surface area contributed by atoms with Crippen molar-refractivity contribution in [2.24, 2.45) is 0 Å². The summed E-state index contributed by atoms with van der Waals surface area (Å²) in [5.74, 6) is -0.833. The number of carboxylic acids is 1. The van der Waals surface area contributed by atoms with Crippen LogP contribution in [0.1, 0.15) is 6.92 Å². The third-order valence-electron chi connectivity index (χ3n) is 0. The average Bonchev–Trinajstić information content (AvgIpc) is 0.811. The van der Waals surface area contributed by atoms with E-state index in [-0.39, 0.29) is 48.9 Å². The van der Waals surface area contributed by atoms with Gasteiger partial charge in [0.05, 0.1) is 0 Å². The summed E-state index contributed by atoms with van der Waals surface area (Å²) in [5, 5.41) is 7.42. The Kier molecular flexibility index (Phi) is 9.48. The van der Waals surface area contributed by atoms with Gasteiger partial charge in [0, 0.05) is 6.92 Å². The summed E-state index contributed by atoms with van der Waals surface area (Å²) in [6.45, 7) is 1.08. The van der Waals surface area contributed by atoms with E-state index in [1.54, 1.807) is 0 Å². The molecule has 0 aromatic heterocycles. The van der Waals surface area contributed by atoms with Crippen molar-refractivity contribution in [2.45, 2.75) is 6.92 Å². The zero-order valence-electron chi connectivity index (χ0n) is 2.36. The second kappa shape index (κ2) is 5.04. The molecule has 0 fully saturated rings. The fraction of sp³-hybridized carbons (Fsp3) is 0.500. The van der Waals surface area contributed by atoms with Crippen LogP contribution in [-0.2, 0) is 4.79 Å². The van der Waals surface area contributed by atoms with Crippen LogP contribution in [0.25, 0.3) is 0 Å². The summed E-state index contributed by atoms with van der Waals surface area (Å²) in [6, 6.07) is 0. The van der Waals surface area contributed by atoms with Crippen LogP contribution in [0.15, 0.2) is 0 Å². The van der Waals surface area contributed by atoms with Gasteiger partial charge in [0.25, 0.3) is 5.97 Å². The van der Waals surface area contributed by atoms with Crippen LogP contribution in [0.2, 0.25) is 0 Å². The molecule has 0 rings (SSSR count). The van der Waals surface area contributed by atoms with Gasteiger partial charge in [-0.05, 0) is 0 Å². The second-order valence-electron chi connectivity index (χ2n) is 0.519. The zero-order valence-corrected chi connectivity index (χ0v) is 2.36. The monoisotopic (exact) mass is 200 g/mol. The van der Waals surface area contributed by atoms with E-state index >= 15 is 0 Å². The Balaban J connectivity index is 0. The first kappa shape index (κ1) is 9.40. The molecule has 0 spiro atoms. The predicted molar refractivity (Wildman–Crippen MR) is 21.9 cm³/mol. The Morgan fingerprint density at radius 3 is 1.80 bits per heavy atom. The topological polar surface area (TPSA) is 37.3 Å². The van der Waals surface area contributed by atoms with Gasteiger partial charge in [0.15, 0.2) is 0 Å². The first-order valence-corrected chi connectivity index (χ1v) is 0.928. The average molecular weight is 199 g/mol. The van der Waals surface area contributed by atoms with Crippen molar-refractivity contribution in [1.82, 2.24) is 0 Å². The molecular weight excluding hydrogens is 193 g/mol. The molecule has 0 unspecified atom stereocenters. The first-order valence-electron chi connectivity index (χ1n) is 0.928. The molecule has 2 nitrogen and oxygen atoms in total. The SMILES string of the molecule is CC(=O)O.[BaH2]. The quantitative estimate of drug-likeness (QED) is 0.517. The Morgan fingerprint density at radius 1 is 1.80 bits per heavy atom. The Hall–Kier alpha value is 1.04. The van der Waals surface area contributed by atoms with E-state index in [1.807, 2.05) is 0 Å². The summed E-state index contributed by atoms with van der Waals surface area (Å²) >= 11 is 0. The molecule has 0 aliphatic heterocycles. The summed E-state index contributed by atoms with van der Waals surface area (Å²) < 4.78 is 0. The van der Waals surface area contributed by atoms with Crippen LogP contribution in [0.5, 0.6) is 0 Å². The zero-order chi connectivity index (χ0) is 3.58. The molecule has 0 atom stereocenters. The van der Waals surface area contributed by atoms with E-state index < -0.39 is 5.97 Å². The third-order valence-corrected chi connectivity index (χ3v) is 0. The molecule has 28 valence electrons. The van der Waals surface area contributed by atoms with Crippen LogP contribution in [0.4, 0.5) is 0 Å². The number of carboxylic acid groups (broad SMARTS) is 1. The van der Waals surface area contributed by atoms with Crippen molar-refractivity contribution in [3.63, 3.8) is 0 Å². The normalized spacial score (nSPS) is 5.00. The number of hydrogen-bond acceptors (Lipinski definition) is 1. The molecule has 0 aromatic rings. The van der Waals surface area contributed by atoms with Gasteiger partial charge in [-0.25, -0.2) is 0 Å². The van der Waals surface area contributed by atoms with Gasteiger partial charge in [-0.3, -0.25) is 4.79 Å². The summed E-state index contributed by atoms with van der Waals surface area (Å²) in [7, 11) is 0. The fourth-order valence-corrected chi connectivity index (χ4v) is 0. The van der Waals surface area contributed by atoms with Crippen molar-refractivity contribution in [1.29, 1.82) is 0 Å². The fourth-order valence-electron chi connectivity index (χ4n) is 0. The van der Waals surface area contributed by atoms with E-state index in [4.69, 9.17) is 9.90 Å². The van der Waals surface area contributed by atoms with E-state index in [0.29, 0.717) is 0 Å². The standard InChI is InChI=1S/C2H4O2.Ba.2H/c1-2(3)4;;;/h1H3,(H,3,4);;;. The van der Waals surface area contributed by atoms with E-state index in [2.05, 4.69) is 0 Å². The van der Waals surface area contributed by atoms with Crippen LogP contribution < -0.4 is 0 Å². The maximum atomic E-state index is 9.00. The Morgan fingerprint density at radius 2 is 1.80 bits per heavy atom.